The molecule has 146 valence electrons. The molecule has 0 radical (unpaired) electrons. The van der Waals surface area contributed by atoms with E-state index in [9.17, 15) is 9.90 Å². The molecule has 1 fully saturated rings. The number of fused-ring (bicyclic) bond motifs is 6. The van der Waals surface area contributed by atoms with E-state index in [2.05, 4.69) is 28.1 Å². The Hall–Kier alpha value is -2.31. The molecule has 0 amide bonds. The third-order valence-corrected chi connectivity index (χ3v) is 6.58. The molecule has 2 unspecified atom stereocenters. The number of nitrogens with zero attached hydrogens (tertiary/aromatic N) is 1. The van der Waals surface area contributed by atoms with Crippen molar-refractivity contribution in [3.05, 3.63) is 47.4 Å². The standard InChI is InChI=1S/C21H24N2O4.2H2/c1-11-14-9-23-8-7-13-12-5-3-4-6-16(12)22-18(13)19(23)20(24)17(14)15(10-27-11)21(25)26-2;;/h3-6,10-11,14,17,19-20,22,24H,7-9H2,1-2H3;2*1H/t11-,14?,17?,19+,20+;;/m1../s1. The summed E-state index contributed by atoms with van der Waals surface area (Å²) in [7, 11) is 1.37. The number of aromatic nitrogens is 1. The van der Waals surface area contributed by atoms with Crippen molar-refractivity contribution in [2.45, 2.75) is 31.6 Å². The fraction of sp³-hybridized carbons (Fsp3) is 0.476. The maximum Gasteiger partial charge on any atom is 0.337 e. The van der Waals surface area contributed by atoms with Gasteiger partial charge in [-0.1, -0.05) is 18.2 Å². The van der Waals surface area contributed by atoms with Crippen molar-refractivity contribution in [3.8, 4) is 0 Å². The fourth-order valence-corrected chi connectivity index (χ4v) is 5.26. The second-order valence-electron chi connectivity index (χ2n) is 7.84. The van der Waals surface area contributed by atoms with Gasteiger partial charge in [-0.25, -0.2) is 4.79 Å². The van der Waals surface area contributed by atoms with Crippen LogP contribution in [-0.2, 0) is 20.7 Å². The Morgan fingerprint density at radius 1 is 1.41 bits per heavy atom. The van der Waals surface area contributed by atoms with Crippen LogP contribution in [0.15, 0.2) is 36.1 Å². The topological polar surface area (TPSA) is 74.8 Å². The molecule has 3 aliphatic rings. The largest absolute Gasteiger partial charge is 0.497 e. The second kappa shape index (κ2) is 6.11. The highest BCUT2D eigenvalue weighted by Crippen LogP contribution is 2.47. The summed E-state index contributed by atoms with van der Waals surface area (Å²) < 4.78 is 10.7. The predicted octanol–water partition coefficient (Wildman–Crippen LogP) is 2.64. The average molecular weight is 372 g/mol. The van der Waals surface area contributed by atoms with Gasteiger partial charge in [0, 0.05) is 44.4 Å². The molecule has 0 spiro atoms. The average Bonchev–Trinajstić information content (AvgIpc) is 3.06. The van der Waals surface area contributed by atoms with Gasteiger partial charge in [-0.15, -0.1) is 0 Å². The van der Waals surface area contributed by atoms with Crippen LogP contribution in [0.2, 0.25) is 0 Å². The minimum atomic E-state index is -0.701. The number of carbonyl (C=O) groups is 1. The predicted molar refractivity (Wildman–Crippen MR) is 104 cm³/mol. The minimum Gasteiger partial charge on any atom is -0.497 e. The molecule has 6 heteroatoms. The van der Waals surface area contributed by atoms with Gasteiger partial charge in [0.15, 0.2) is 0 Å². The van der Waals surface area contributed by atoms with E-state index in [0.29, 0.717) is 5.57 Å². The highest BCUT2D eigenvalue weighted by Gasteiger charge is 2.52. The van der Waals surface area contributed by atoms with Crippen LogP contribution in [-0.4, -0.2) is 53.4 Å². The van der Waals surface area contributed by atoms with E-state index in [1.165, 1.54) is 24.3 Å². The number of hydrogen-bond donors (Lipinski definition) is 2. The zero-order valence-electron chi connectivity index (χ0n) is 15.5. The van der Waals surface area contributed by atoms with Crippen LogP contribution in [0, 0.1) is 11.8 Å². The number of aliphatic hydroxyl groups is 1. The molecule has 27 heavy (non-hydrogen) atoms. The van der Waals surface area contributed by atoms with Crippen molar-refractivity contribution in [1.82, 2.24) is 9.88 Å². The summed E-state index contributed by atoms with van der Waals surface area (Å²) in [6.45, 7) is 3.69. The molecule has 6 nitrogen and oxygen atoms in total. The summed E-state index contributed by atoms with van der Waals surface area (Å²) in [5.74, 6) is -0.654. The summed E-state index contributed by atoms with van der Waals surface area (Å²) in [6, 6.07) is 8.13. The minimum absolute atomic E-state index is 0. The monoisotopic (exact) mass is 372 g/mol. The number of H-pyrrole nitrogens is 1. The van der Waals surface area contributed by atoms with Crippen LogP contribution < -0.4 is 0 Å². The van der Waals surface area contributed by atoms with Gasteiger partial charge >= 0.3 is 5.97 Å². The van der Waals surface area contributed by atoms with E-state index < -0.39 is 12.1 Å². The first-order chi connectivity index (χ1) is 13.1. The van der Waals surface area contributed by atoms with Crippen LogP contribution in [0.3, 0.4) is 0 Å². The van der Waals surface area contributed by atoms with Crippen molar-refractivity contribution < 1.29 is 22.2 Å². The second-order valence-corrected chi connectivity index (χ2v) is 7.84. The number of rotatable bonds is 1. The SMILES string of the molecule is COC(=O)C1=CO[C@H](C)C2CN3CCc4c([nH]c5ccccc45)[C@H]3[C@@H](O)C12.[HH].[HH]. The van der Waals surface area contributed by atoms with Gasteiger partial charge in [-0.05, 0) is 25.0 Å². The maximum atomic E-state index is 12.3. The molecule has 1 aromatic carbocycles. The van der Waals surface area contributed by atoms with E-state index in [1.807, 2.05) is 13.0 Å². The Morgan fingerprint density at radius 2 is 2.22 bits per heavy atom. The summed E-state index contributed by atoms with van der Waals surface area (Å²) >= 11 is 0. The Labute approximate surface area is 160 Å². The van der Waals surface area contributed by atoms with Gasteiger partial charge in [-0.2, -0.15) is 0 Å². The van der Waals surface area contributed by atoms with Crippen LogP contribution in [0.4, 0.5) is 0 Å². The van der Waals surface area contributed by atoms with Gasteiger partial charge in [-0.3, -0.25) is 4.90 Å². The number of para-hydroxylation sites is 1. The van der Waals surface area contributed by atoms with Crippen molar-refractivity contribution in [2.75, 3.05) is 20.2 Å². The molecule has 0 saturated carbocycles. The molecule has 0 aliphatic carbocycles. The zero-order valence-corrected chi connectivity index (χ0v) is 15.5. The summed E-state index contributed by atoms with van der Waals surface area (Å²) in [5, 5.41) is 12.7. The third-order valence-electron chi connectivity index (χ3n) is 6.58. The van der Waals surface area contributed by atoms with Gasteiger partial charge in [0.2, 0.25) is 0 Å². The number of benzene rings is 1. The maximum absolute atomic E-state index is 12.3. The van der Waals surface area contributed by atoms with E-state index in [0.717, 1.165) is 30.7 Å². The molecule has 2 aromatic rings. The Balaban J connectivity index is 0.00000120. The van der Waals surface area contributed by atoms with Crippen molar-refractivity contribution in [3.63, 3.8) is 0 Å². The highest BCUT2D eigenvalue weighted by molar-refractivity contribution is 5.89. The normalized spacial score (nSPS) is 32.7. The van der Waals surface area contributed by atoms with Crippen LogP contribution in [0.25, 0.3) is 10.9 Å². The summed E-state index contributed by atoms with van der Waals surface area (Å²) in [4.78, 5) is 18.2. The zero-order chi connectivity index (χ0) is 18.7. The molecular formula is C21H28N2O4. The van der Waals surface area contributed by atoms with Crippen molar-refractivity contribution >= 4 is 16.9 Å². The molecular weight excluding hydrogens is 344 g/mol. The third kappa shape index (κ3) is 2.36. The molecule has 1 saturated heterocycles. The number of carbonyl (C=O) groups excluding carboxylic acids is 1. The van der Waals surface area contributed by atoms with E-state index >= 15 is 0 Å². The lowest BCUT2D eigenvalue weighted by atomic mass is 9.70. The lowest BCUT2D eigenvalue weighted by Crippen LogP contribution is -2.58. The molecule has 5 atom stereocenters. The van der Waals surface area contributed by atoms with Crippen molar-refractivity contribution in [2.24, 2.45) is 11.8 Å². The van der Waals surface area contributed by atoms with E-state index in [4.69, 9.17) is 9.47 Å². The van der Waals surface area contributed by atoms with Crippen LogP contribution >= 0.6 is 0 Å². The van der Waals surface area contributed by atoms with E-state index in [1.54, 1.807) is 0 Å². The highest BCUT2D eigenvalue weighted by atomic mass is 16.5. The number of hydrogen-bond acceptors (Lipinski definition) is 5. The first-order valence-electron chi connectivity index (χ1n) is 9.55. The molecule has 3 aliphatic heterocycles. The lowest BCUT2D eigenvalue weighted by molar-refractivity contribution is -0.143. The number of piperidine rings is 1. The van der Waals surface area contributed by atoms with Crippen molar-refractivity contribution in [1.29, 1.82) is 0 Å². The Bertz CT molecular complexity index is 944. The number of aromatic amines is 1. The lowest BCUT2D eigenvalue weighted by Gasteiger charge is -2.51. The summed E-state index contributed by atoms with van der Waals surface area (Å²) in [5.41, 5.74) is 3.91. The number of aliphatic hydroxyl groups excluding tert-OH is 1. The quantitative estimate of drug-likeness (QED) is 0.753. The Morgan fingerprint density at radius 3 is 3.04 bits per heavy atom. The molecule has 2 N–H and O–H groups in total. The first-order valence-corrected chi connectivity index (χ1v) is 9.55. The molecule has 1 aromatic heterocycles. The number of ether oxygens (including phenoxy) is 2. The van der Waals surface area contributed by atoms with Gasteiger partial charge in [0.1, 0.15) is 0 Å². The van der Waals surface area contributed by atoms with Gasteiger partial charge < -0.3 is 19.6 Å². The van der Waals surface area contributed by atoms with Crippen LogP contribution in [0.1, 0.15) is 27.1 Å². The first kappa shape index (κ1) is 16.8. The van der Waals surface area contributed by atoms with Gasteiger partial charge in [0.25, 0.3) is 0 Å². The fourth-order valence-electron chi connectivity index (χ4n) is 5.26. The number of methoxy groups -OCH3 is 1. The van der Waals surface area contributed by atoms with Crippen LogP contribution in [0.5, 0.6) is 0 Å². The van der Waals surface area contributed by atoms with Gasteiger partial charge in [0.05, 0.1) is 37.2 Å². The molecule has 4 heterocycles. The molecule has 5 rings (SSSR count). The smallest absolute Gasteiger partial charge is 0.337 e. The number of nitrogens with one attached hydrogen (secondary N) is 1. The van der Waals surface area contributed by atoms with E-state index in [-0.39, 0.29) is 26.8 Å². The molecule has 0 bridgehead atoms. The number of esters is 1. The Kier molecular flexibility index (Phi) is 3.81. The summed E-state index contributed by atoms with van der Waals surface area (Å²) in [6.07, 6.45) is 1.69.